The van der Waals surface area contributed by atoms with Crippen molar-refractivity contribution in [1.82, 2.24) is 4.72 Å². The summed E-state index contributed by atoms with van der Waals surface area (Å²) in [6, 6.07) is 11.7. The average molecular weight is 281 g/mol. The molecule has 0 unspecified atom stereocenters. The van der Waals surface area contributed by atoms with Crippen molar-refractivity contribution in [2.45, 2.75) is 4.21 Å². The Hall–Kier alpha value is -1.50. The molecular formula is C12H11NO3S2. The molecule has 0 aliphatic carbocycles. The van der Waals surface area contributed by atoms with Crippen LogP contribution in [0, 0.1) is 0 Å². The molecular weight excluding hydrogens is 270 g/mol. The fourth-order valence-corrected chi connectivity index (χ4v) is 3.39. The summed E-state index contributed by atoms with van der Waals surface area (Å²) < 4.78 is 26.1. The highest BCUT2D eigenvalue weighted by Crippen LogP contribution is 2.15. The minimum absolute atomic E-state index is 0.211. The zero-order chi connectivity index (χ0) is 13.0. The molecule has 0 saturated heterocycles. The van der Waals surface area contributed by atoms with E-state index in [9.17, 15) is 13.2 Å². The predicted molar refractivity (Wildman–Crippen MR) is 70.3 cm³/mol. The maximum absolute atomic E-state index is 11.8. The number of benzene rings is 1. The van der Waals surface area contributed by atoms with Gasteiger partial charge in [0, 0.05) is 5.56 Å². The van der Waals surface area contributed by atoms with Crippen LogP contribution in [0.2, 0.25) is 0 Å². The molecule has 0 bridgehead atoms. The highest BCUT2D eigenvalue weighted by Gasteiger charge is 2.16. The van der Waals surface area contributed by atoms with Gasteiger partial charge in [-0.2, -0.15) is 0 Å². The molecule has 1 N–H and O–H groups in total. The normalized spacial score (nSPS) is 11.3. The lowest BCUT2D eigenvalue weighted by Crippen LogP contribution is -2.29. The molecule has 0 amide bonds. The smallest absolute Gasteiger partial charge is 0.250 e. The van der Waals surface area contributed by atoms with Crippen molar-refractivity contribution in [3.8, 4) is 0 Å². The second kappa shape index (κ2) is 5.43. The van der Waals surface area contributed by atoms with E-state index in [1.807, 2.05) is 0 Å². The van der Waals surface area contributed by atoms with Gasteiger partial charge in [0.1, 0.15) is 4.21 Å². The third-order valence-electron chi connectivity index (χ3n) is 2.28. The number of Topliss-reactive ketones (excluding diaryl/α,β-unsaturated/α-hetero) is 1. The lowest BCUT2D eigenvalue weighted by Gasteiger charge is -2.04. The third kappa shape index (κ3) is 3.04. The van der Waals surface area contributed by atoms with Gasteiger partial charge in [0.25, 0.3) is 0 Å². The Bertz CT molecular complexity index is 619. The van der Waals surface area contributed by atoms with Crippen LogP contribution >= 0.6 is 11.3 Å². The molecule has 0 atom stereocenters. The van der Waals surface area contributed by atoms with Gasteiger partial charge in [-0.25, -0.2) is 13.1 Å². The average Bonchev–Trinajstić information content (AvgIpc) is 2.92. The number of carbonyl (C=O) groups is 1. The molecule has 6 heteroatoms. The molecule has 4 nitrogen and oxygen atoms in total. The molecule has 0 radical (unpaired) electrons. The van der Waals surface area contributed by atoms with Crippen LogP contribution in [0.15, 0.2) is 52.1 Å². The van der Waals surface area contributed by atoms with E-state index in [0.717, 1.165) is 11.3 Å². The zero-order valence-corrected chi connectivity index (χ0v) is 11.0. The Morgan fingerprint density at radius 1 is 1.11 bits per heavy atom. The number of nitrogens with one attached hydrogen (secondary N) is 1. The van der Waals surface area contributed by atoms with Gasteiger partial charge in [-0.05, 0) is 11.4 Å². The van der Waals surface area contributed by atoms with E-state index in [-0.39, 0.29) is 16.5 Å². The minimum atomic E-state index is -3.57. The molecule has 0 saturated carbocycles. The van der Waals surface area contributed by atoms with Crippen molar-refractivity contribution < 1.29 is 13.2 Å². The highest BCUT2D eigenvalue weighted by atomic mass is 32.2. The number of ketones is 1. The van der Waals surface area contributed by atoms with E-state index < -0.39 is 10.0 Å². The van der Waals surface area contributed by atoms with Crippen LogP contribution in [-0.2, 0) is 10.0 Å². The molecule has 1 heterocycles. The quantitative estimate of drug-likeness (QED) is 0.851. The maximum atomic E-state index is 11.8. The van der Waals surface area contributed by atoms with Crippen LogP contribution in [0.5, 0.6) is 0 Å². The number of hydrogen-bond donors (Lipinski definition) is 1. The summed E-state index contributed by atoms with van der Waals surface area (Å²) in [6.07, 6.45) is 0. The molecule has 0 aliphatic heterocycles. The van der Waals surface area contributed by atoms with Crippen molar-refractivity contribution in [2.75, 3.05) is 6.54 Å². The number of carbonyl (C=O) groups excluding carboxylic acids is 1. The number of thiophene rings is 1. The first kappa shape index (κ1) is 12.9. The first-order chi connectivity index (χ1) is 8.59. The van der Waals surface area contributed by atoms with E-state index in [0.29, 0.717) is 5.56 Å². The fraction of sp³-hybridized carbons (Fsp3) is 0.0833. The van der Waals surface area contributed by atoms with E-state index in [4.69, 9.17) is 0 Å². The lowest BCUT2D eigenvalue weighted by molar-refractivity contribution is 0.0997. The molecule has 1 aromatic carbocycles. The van der Waals surface area contributed by atoms with Crippen LogP contribution in [-0.4, -0.2) is 20.7 Å². The third-order valence-corrected chi connectivity index (χ3v) is 5.08. The summed E-state index contributed by atoms with van der Waals surface area (Å²) in [5.41, 5.74) is 0.492. The first-order valence-corrected chi connectivity index (χ1v) is 7.57. The highest BCUT2D eigenvalue weighted by molar-refractivity contribution is 7.91. The summed E-state index contributed by atoms with van der Waals surface area (Å²) in [7, 11) is -3.57. The van der Waals surface area contributed by atoms with E-state index in [1.54, 1.807) is 41.8 Å². The minimum Gasteiger partial charge on any atom is -0.293 e. The van der Waals surface area contributed by atoms with Crippen molar-refractivity contribution in [3.63, 3.8) is 0 Å². The SMILES string of the molecule is O=C(CNS(=O)(=O)c1cccs1)c1ccccc1. The molecule has 1 aromatic heterocycles. The van der Waals surface area contributed by atoms with E-state index in [1.165, 1.54) is 6.07 Å². The Kier molecular flexibility index (Phi) is 3.90. The zero-order valence-electron chi connectivity index (χ0n) is 9.37. The Balaban J connectivity index is 2.03. The van der Waals surface area contributed by atoms with Gasteiger partial charge >= 0.3 is 0 Å². The standard InChI is InChI=1S/C12H11NO3S2/c14-11(10-5-2-1-3-6-10)9-13-18(15,16)12-7-4-8-17-12/h1-8,13H,9H2. The summed E-state index contributed by atoms with van der Waals surface area (Å²) in [6.45, 7) is -0.232. The number of hydrogen-bond acceptors (Lipinski definition) is 4. The van der Waals surface area contributed by atoms with Crippen LogP contribution in [0.25, 0.3) is 0 Å². The topological polar surface area (TPSA) is 63.2 Å². The van der Waals surface area contributed by atoms with Crippen molar-refractivity contribution >= 4 is 27.1 Å². The summed E-state index contributed by atoms with van der Waals surface area (Å²) in [5.74, 6) is -0.254. The summed E-state index contributed by atoms with van der Waals surface area (Å²) in [4.78, 5) is 11.7. The Labute approximate surface area is 109 Å². The number of sulfonamides is 1. The van der Waals surface area contributed by atoms with Gasteiger partial charge in [-0.1, -0.05) is 36.4 Å². The van der Waals surface area contributed by atoms with Crippen molar-refractivity contribution in [1.29, 1.82) is 0 Å². The largest absolute Gasteiger partial charge is 0.293 e. The van der Waals surface area contributed by atoms with Gasteiger partial charge in [0.2, 0.25) is 10.0 Å². The molecule has 0 fully saturated rings. The van der Waals surface area contributed by atoms with Crippen LogP contribution in [0.1, 0.15) is 10.4 Å². The molecule has 94 valence electrons. The van der Waals surface area contributed by atoms with Gasteiger partial charge in [0.15, 0.2) is 5.78 Å². The van der Waals surface area contributed by atoms with Crippen molar-refractivity contribution in [2.24, 2.45) is 0 Å². The second-order valence-electron chi connectivity index (χ2n) is 3.55. The van der Waals surface area contributed by atoms with Crippen LogP contribution in [0.4, 0.5) is 0 Å². The Morgan fingerprint density at radius 3 is 2.44 bits per heavy atom. The number of rotatable bonds is 5. The lowest BCUT2D eigenvalue weighted by atomic mass is 10.1. The molecule has 2 aromatic rings. The van der Waals surface area contributed by atoms with Crippen molar-refractivity contribution in [3.05, 3.63) is 53.4 Å². The predicted octanol–water partition coefficient (Wildman–Crippen LogP) is 1.91. The van der Waals surface area contributed by atoms with Gasteiger partial charge in [-0.15, -0.1) is 11.3 Å². The van der Waals surface area contributed by atoms with E-state index >= 15 is 0 Å². The first-order valence-electron chi connectivity index (χ1n) is 5.21. The summed E-state index contributed by atoms with van der Waals surface area (Å²) in [5, 5.41) is 1.67. The fourth-order valence-electron chi connectivity index (χ4n) is 1.37. The van der Waals surface area contributed by atoms with Crippen LogP contribution < -0.4 is 4.72 Å². The van der Waals surface area contributed by atoms with Crippen LogP contribution in [0.3, 0.4) is 0 Å². The monoisotopic (exact) mass is 281 g/mol. The maximum Gasteiger partial charge on any atom is 0.250 e. The Morgan fingerprint density at radius 2 is 1.83 bits per heavy atom. The molecule has 0 spiro atoms. The second-order valence-corrected chi connectivity index (χ2v) is 6.49. The van der Waals surface area contributed by atoms with E-state index in [2.05, 4.69) is 4.72 Å². The molecule has 0 aliphatic rings. The molecule has 2 rings (SSSR count). The van der Waals surface area contributed by atoms with Gasteiger partial charge in [0.05, 0.1) is 6.54 Å². The summed E-state index contributed by atoms with van der Waals surface area (Å²) >= 11 is 1.12. The van der Waals surface area contributed by atoms with Gasteiger partial charge < -0.3 is 0 Å². The molecule has 18 heavy (non-hydrogen) atoms. The van der Waals surface area contributed by atoms with Gasteiger partial charge in [-0.3, -0.25) is 4.79 Å².